The van der Waals surface area contributed by atoms with E-state index in [9.17, 15) is 14.9 Å². The summed E-state index contributed by atoms with van der Waals surface area (Å²) in [5, 5.41) is 18.4. The first kappa shape index (κ1) is 17.3. The van der Waals surface area contributed by atoms with Crippen molar-refractivity contribution >= 4 is 23.0 Å². The van der Waals surface area contributed by atoms with Crippen molar-refractivity contribution in [2.75, 3.05) is 0 Å². The second-order valence-electron chi connectivity index (χ2n) is 6.15. The fourth-order valence-electron chi connectivity index (χ4n) is 2.94. The van der Waals surface area contributed by atoms with Crippen LogP contribution in [-0.4, -0.2) is 21.1 Å². The number of fused-ring (bicyclic) bond motifs is 1. The van der Waals surface area contributed by atoms with Crippen LogP contribution < -0.4 is 0 Å². The number of non-ortho nitro benzene ring substituents is 1. The second kappa shape index (κ2) is 7.28. The van der Waals surface area contributed by atoms with Gasteiger partial charge in [-0.25, -0.2) is 4.79 Å². The Kier molecular flexibility index (Phi) is 4.68. The molecule has 0 atom stereocenters. The largest absolute Gasteiger partial charge is 0.451 e. The third-order valence-electron chi connectivity index (χ3n) is 4.32. The van der Waals surface area contributed by atoms with E-state index in [0.717, 1.165) is 25.7 Å². The molecule has 2 aromatic heterocycles. The first-order valence-electron chi connectivity index (χ1n) is 8.46. The number of rotatable bonds is 5. The molecule has 8 nitrogen and oxygen atoms in total. The molecule has 0 bridgehead atoms. The number of nitrogens with zero attached hydrogens (tertiary/aromatic N) is 3. The number of aryl methyl sites for hydroxylation is 2. The highest BCUT2D eigenvalue weighted by molar-refractivity contribution is 7.14. The number of carbonyl (C=O) groups is 1. The number of ether oxygens (including phenoxy) is 1. The van der Waals surface area contributed by atoms with Crippen molar-refractivity contribution in [3.8, 4) is 11.5 Å². The van der Waals surface area contributed by atoms with Crippen molar-refractivity contribution in [2.45, 2.75) is 32.3 Å². The normalized spacial score (nSPS) is 13.2. The Morgan fingerprint density at radius 3 is 2.74 bits per heavy atom. The molecule has 138 valence electrons. The van der Waals surface area contributed by atoms with Crippen molar-refractivity contribution in [3.05, 3.63) is 61.7 Å². The molecule has 0 amide bonds. The molecule has 0 unspecified atom stereocenters. The Hall–Kier alpha value is -3.07. The molecule has 9 heteroatoms. The zero-order chi connectivity index (χ0) is 18.8. The van der Waals surface area contributed by atoms with Gasteiger partial charge >= 0.3 is 5.97 Å². The first-order chi connectivity index (χ1) is 13.1. The summed E-state index contributed by atoms with van der Waals surface area (Å²) in [4.78, 5) is 24.3. The Labute approximate surface area is 157 Å². The molecule has 0 radical (unpaired) electrons. The van der Waals surface area contributed by atoms with Gasteiger partial charge in [-0.2, -0.15) is 0 Å². The number of nitro benzene ring substituents is 1. The van der Waals surface area contributed by atoms with Crippen molar-refractivity contribution in [3.63, 3.8) is 0 Å². The molecular weight excluding hydrogens is 370 g/mol. The number of nitro groups is 1. The summed E-state index contributed by atoms with van der Waals surface area (Å²) in [6, 6.07) is 7.68. The highest BCUT2D eigenvalue weighted by Gasteiger charge is 2.19. The minimum absolute atomic E-state index is 0.0222. The third-order valence-corrected chi connectivity index (χ3v) is 5.53. The van der Waals surface area contributed by atoms with Gasteiger partial charge in [0, 0.05) is 22.6 Å². The van der Waals surface area contributed by atoms with Gasteiger partial charge in [0.15, 0.2) is 6.61 Å². The lowest BCUT2D eigenvalue weighted by Gasteiger charge is -2.08. The molecule has 27 heavy (non-hydrogen) atoms. The smallest absolute Gasteiger partial charge is 0.348 e. The van der Waals surface area contributed by atoms with Crippen molar-refractivity contribution in [1.29, 1.82) is 0 Å². The topological polar surface area (TPSA) is 108 Å². The minimum atomic E-state index is -0.481. The van der Waals surface area contributed by atoms with Crippen LogP contribution in [0.5, 0.6) is 0 Å². The van der Waals surface area contributed by atoms with Crippen LogP contribution in [-0.2, 0) is 24.2 Å². The van der Waals surface area contributed by atoms with E-state index in [-0.39, 0.29) is 24.1 Å². The summed E-state index contributed by atoms with van der Waals surface area (Å²) in [5.74, 6) is -0.0231. The SMILES string of the molecule is O=C(OCc1nnc(-c2ccc([N+](=O)[O-])cc2)o1)c1cc2c(s1)CCCC2. The maximum Gasteiger partial charge on any atom is 0.348 e. The van der Waals surface area contributed by atoms with Crippen LogP contribution in [0.4, 0.5) is 5.69 Å². The Balaban J connectivity index is 1.40. The van der Waals surface area contributed by atoms with Crippen molar-refractivity contribution < 1.29 is 18.9 Å². The summed E-state index contributed by atoms with van der Waals surface area (Å²) in [5.41, 5.74) is 1.78. The summed E-state index contributed by atoms with van der Waals surface area (Å²) >= 11 is 1.49. The monoisotopic (exact) mass is 385 g/mol. The lowest BCUT2D eigenvalue weighted by atomic mass is 9.99. The fourth-order valence-corrected chi connectivity index (χ4v) is 4.09. The predicted molar refractivity (Wildman–Crippen MR) is 96.5 cm³/mol. The summed E-state index contributed by atoms with van der Waals surface area (Å²) in [6.45, 7) is -0.124. The van der Waals surface area contributed by atoms with Gasteiger partial charge in [-0.05, 0) is 49.4 Å². The Morgan fingerprint density at radius 1 is 1.22 bits per heavy atom. The van der Waals surface area contributed by atoms with E-state index < -0.39 is 10.9 Å². The molecule has 2 heterocycles. The minimum Gasteiger partial charge on any atom is -0.451 e. The van der Waals surface area contributed by atoms with Gasteiger partial charge in [0.2, 0.25) is 5.89 Å². The van der Waals surface area contributed by atoms with Crippen LogP contribution in [0.15, 0.2) is 34.7 Å². The average molecular weight is 385 g/mol. The molecule has 0 fully saturated rings. The molecule has 0 saturated carbocycles. The molecule has 4 rings (SSSR count). The van der Waals surface area contributed by atoms with E-state index in [1.807, 2.05) is 6.07 Å². The summed E-state index contributed by atoms with van der Waals surface area (Å²) in [6.07, 6.45) is 4.36. The fraction of sp³-hybridized carbons (Fsp3) is 0.278. The van der Waals surface area contributed by atoms with E-state index in [4.69, 9.17) is 9.15 Å². The van der Waals surface area contributed by atoms with Gasteiger partial charge < -0.3 is 9.15 Å². The number of hydrogen-bond acceptors (Lipinski definition) is 8. The Bertz CT molecular complexity index is 969. The van der Waals surface area contributed by atoms with E-state index in [0.29, 0.717) is 10.4 Å². The van der Waals surface area contributed by atoms with E-state index >= 15 is 0 Å². The van der Waals surface area contributed by atoms with Gasteiger partial charge in [0.25, 0.3) is 11.6 Å². The number of esters is 1. The average Bonchev–Trinajstić information content (AvgIpc) is 3.33. The zero-order valence-electron chi connectivity index (χ0n) is 14.2. The van der Waals surface area contributed by atoms with Gasteiger partial charge in [-0.3, -0.25) is 10.1 Å². The van der Waals surface area contributed by atoms with Crippen molar-refractivity contribution in [2.24, 2.45) is 0 Å². The van der Waals surface area contributed by atoms with Crippen LogP contribution in [0.2, 0.25) is 0 Å². The van der Waals surface area contributed by atoms with Crippen molar-refractivity contribution in [1.82, 2.24) is 10.2 Å². The first-order valence-corrected chi connectivity index (χ1v) is 9.28. The molecule has 0 aliphatic heterocycles. The molecular formula is C18H15N3O5S. The predicted octanol–water partition coefficient (Wildman–Crippen LogP) is 3.94. The molecule has 1 aliphatic carbocycles. The highest BCUT2D eigenvalue weighted by Crippen LogP contribution is 2.30. The number of aromatic nitrogens is 2. The van der Waals surface area contributed by atoms with Gasteiger partial charge in [0.05, 0.1) is 4.92 Å². The molecule has 1 aromatic carbocycles. The number of thiophene rings is 1. The van der Waals surface area contributed by atoms with Gasteiger partial charge in [0.1, 0.15) is 4.88 Å². The standard InChI is InChI=1S/C18H15N3O5S/c22-18(15-9-12-3-1-2-4-14(12)27-15)25-10-16-19-20-17(26-16)11-5-7-13(8-6-11)21(23)24/h5-9H,1-4,10H2. The van der Waals surface area contributed by atoms with Crippen LogP contribution in [0.25, 0.3) is 11.5 Å². The lowest BCUT2D eigenvalue weighted by Crippen LogP contribution is -2.03. The maximum atomic E-state index is 12.2. The van der Waals surface area contributed by atoms with Crippen LogP contribution in [0.3, 0.4) is 0 Å². The third kappa shape index (κ3) is 3.72. The maximum absolute atomic E-state index is 12.2. The van der Waals surface area contributed by atoms with Gasteiger partial charge in [-0.15, -0.1) is 21.5 Å². The van der Waals surface area contributed by atoms with E-state index in [1.54, 1.807) is 0 Å². The van der Waals surface area contributed by atoms with Gasteiger partial charge in [-0.1, -0.05) is 0 Å². The molecule has 0 spiro atoms. The quantitative estimate of drug-likeness (QED) is 0.372. The highest BCUT2D eigenvalue weighted by atomic mass is 32.1. The van der Waals surface area contributed by atoms with Crippen LogP contribution in [0, 0.1) is 10.1 Å². The number of hydrogen-bond donors (Lipinski definition) is 0. The molecule has 3 aromatic rings. The lowest BCUT2D eigenvalue weighted by molar-refractivity contribution is -0.384. The zero-order valence-corrected chi connectivity index (χ0v) is 15.0. The molecule has 1 aliphatic rings. The van der Waals surface area contributed by atoms with Crippen LogP contribution >= 0.6 is 11.3 Å². The van der Waals surface area contributed by atoms with E-state index in [1.165, 1.54) is 46.0 Å². The van der Waals surface area contributed by atoms with E-state index in [2.05, 4.69) is 10.2 Å². The van der Waals surface area contributed by atoms with Crippen LogP contribution in [0.1, 0.15) is 38.8 Å². The number of carbonyl (C=O) groups excluding carboxylic acids is 1. The molecule has 0 saturated heterocycles. The summed E-state index contributed by atoms with van der Waals surface area (Å²) < 4.78 is 10.7. The second-order valence-corrected chi connectivity index (χ2v) is 7.28. The number of benzene rings is 1. The molecule has 0 N–H and O–H groups in total. The summed E-state index contributed by atoms with van der Waals surface area (Å²) in [7, 11) is 0. The Morgan fingerprint density at radius 2 is 2.00 bits per heavy atom.